The van der Waals surface area contributed by atoms with Crippen molar-refractivity contribution in [2.75, 3.05) is 23.8 Å². The van der Waals surface area contributed by atoms with Crippen molar-refractivity contribution in [3.05, 3.63) is 50.9 Å². The SMILES string of the molecule is CCCc1cc(=O)n2nc(N(C)CC(=O)Nc3ccccc3Br)sc2n1. The molecule has 9 heteroatoms. The summed E-state index contributed by atoms with van der Waals surface area (Å²) < 4.78 is 2.09. The predicted molar refractivity (Wildman–Crippen MR) is 107 cm³/mol. The van der Waals surface area contributed by atoms with Crippen LogP contribution in [0.3, 0.4) is 0 Å². The van der Waals surface area contributed by atoms with Crippen LogP contribution in [-0.4, -0.2) is 34.1 Å². The predicted octanol–water partition coefficient (Wildman–Crippen LogP) is 2.94. The van der Waals surface area contributed by atoms with Crippen molar-refractivity contribution in [3.63, 3.8) is 0 Å². The van der Waals surface area contributed by atoms with E-state index in [9.17, 15) is 9.59 Å². The number of rotatable bonds is 6. The molecule has 0 atom stereocenters. The maximum absolute atomic E-state index is 12.3. The van der Waals surface area contributed by atoms with Gasteiger partial charge >= 0.3 is 0 Å². The normalized spacial score (nSPS) is 10.9. The fourth-order valence-electron chi connectivity index (χ4n) is 2.42. The van der Waals surface area contributed by atoms with Gasteiger partial charge in [0.25, 0.3) is 5.56 Å². The average molecular weight is 436 g/mol. The molecule has 0 spiro atoms. The lowest BCUT2D eigenvalue weighted by molar-refractivity contribution is -0.114. The van der Waals surface area contributed by atoms with Gasteiger partial charge in [-0.2, -0.15) is 4.52 Å². The number of hydrogen-bond acceptors (Lipinski definition) is 6. The highest BCUT2D eigenvalue weighted by Gasteiger charge is 2.15. The minimum Gasteiger partial charge on any atom is -0.340 e. The van der Waals surface area contributed by atoms with Crippen molar-refractivity contribution in [1.29, 1.82) is 0 Å². The number of aryl methyl sites for hydroxylation is 1. The molecule has 0 saturated heterocycles. The fraction of sp³-hybridized carbons (Fsp3) is 0.294. The van der Waals surface area contributed by atoms with Crippen LogP contribution in [0.25, 0.3) is 4.96 Å². The van der Waals surface area contributed by atoms with Crippen LogP contribution in [0.5, 0.6) is 0 Å². The summed E-state index contributed by atoms with van der Waals surface area (Å²) in [5.74, 6) is -0.175. The van der Waals surface area contributed by atoms with Gasteiger partial charge in [0.05, 0.1) is 12.2 Å². The molecule has 0 unspecified atom stereocenters. The van der Waals surface area contributed by atoms with Gasteiger partial charge in [0.15, 0.2) is 0 Å². The molecule has 3 aromatic rings. The van der Waals surface area contributed by atoms with Gasteiger partial charge in [-0.15, -0.1) is 5.10 Å². The van der Waals surface area contributed by atoms with E-state index in [-0.39, 0.29) is 18.0 Å². The van der Waals surface area contributed by atoms with Crippen LogP contribution in [0, 0.1) is 0 Å². The van der Waals surface area contributed by atoms with Crippen molar-refractivity contribution in [1.82, 2.24) is 14.6 Å². The lowest BCUT2D eigenvalue weighted by Crippen LogP contribution is -2.30. The summed E-state index contributed by atoms with van der Waals surface area (Å²) in [4.78, 5) is 31.2. The van der Waals surface area contributed by atoms with E-state index in [1.807, 2.05) is 31.2 Å². The van der Waals surface area contributed by atoms with E-state index in [4.69, 9.17) is 0 Å². The lowest BCUT2D eigenvalue weighted by Gasteiger charge is -2.15. The molecule has 2 heterocycles. The Bertz CT molecular complexity index is 1000. The molecular formula is C17H18BrN5O2S. The molecule has 1 aromatic carbocycles. The minimum atomic E-state index is -0.202. The number of hydrogen-bond donors (Lipinski definition) is 1. The van der Waals surface area contributed by atoms with E-state index in [2.05, 4.69) is 31.3 Å². The summed E-state index contributed by atoms with van der Waals surface area (Å²) >= 11 is 4.69. The van der Waals surface area contributed by atoms with E-state index < -0.39 is 0 Å². The van der Waals surface area contributed by atoms with E-state index in [0.717, 1.165) is 23.0 Å². The van der Waals surface area contributed by atoms with Crippen LogP contribution in [0.1, 0.15) is 19.0 Å². The molecule has 1 amide bonds. The zero-order chi connectivity index (χ0) is 18.7. The number of nitrogens with one attached hydrogen (secondary N) is 1. The number of amides is 1. The van der Waals surface area contributed by atoms with Crippen molar-refractivity contribution in [3.8, 4) is 0 Å². The number of carbonyl (C=O) groups excluding carboxylic acids is 1. The first-order chi connectivity index (χ1) is 12.5. The van der Waals surface area contributed by atoms with Gasteiger partial charge in [0, 0.05) is 23.3 Å². The van der Waals surface area contributed by atoms with Crippen molar-refractivity contribution >= 4 is 49.0 Å². The van der Waals surface area contributed by atoms with Gasteiger partial charge in [0.1, 0.15) is 0 Å². The Kier molecular flexibility index (Phi) is 5.67. The van der Waals surface area contributed by atoms with Crippen LogP contribution < -0.4 is 15.8 Å². The summed E-state index contributed by atoms with van der Waals surface area (Å²) in [5.41, 5.74) is 1.27. The quantitative estimate of drug-likeness (QED) is 0.643. The third kappa shape index (κ3) is 4.10. The number of nitrogens with zero attached hydrogens (tertiary/aromatic N) is 4. The molecule has 136 valence electrons. The van der Waals surface area contributed by atoms with E-state index in [1.165, 1.54) is 21.9 Å². The van der Waals surface area contributed by atoms with Gasteiger partial charge in [-0.25, -0.2) is 4.98 Å². The average Bonchev–Trinajstić information content (AvgIpc) is 3.02. The third-order valence-corrected chi connectivity index (χ3v) is 5.36. The van der Waals surface area contributed by atoms with E-state index in [1.54, 1.807) is 11.9 Å². The molecule has 0 fully saturated rings. The van der Waals surface area contributed by atoms with Crippen LogP contribution in [0.2, 0.25) is 0 Å². The first-order valence-corrected chi connectivity index (χ1v) is 9.74. The van der Waals surface area contributed by atoms with Crippen LogP contribution >= 0.6 is 27.3 Å². The number of likely N-dealkylation sites (N-methyl/N-ethyl adjacent to an activating group) is 1. The second-order valence-electron chi connectivity index (χ2n) is 5.80. The van der Waals surface area contributed by atoms with Gasteiger partial charge < -0.3 is 10.2 Å². The van der Waals surface area contributed by atoms with E-state index in [0.29, 0.717) is 15.8 Å². The lowest BCUT2D eigenvalue weighted by atomic mass is 10.2. The summed E-state index contributed by atoms with van der Waals surface area (Å²) in [7, 11) is 1.76. The zero-order valence-corrected chi connectivity index (χ0v) is 16.8. The fourth-order valence-corrected chi connectivity index (χ4v) is 3.69. The molecule has 0 radical (unpaired) electrons. The largest absolute Gasteiger partial charge is 0.340 e. The molecule has 1 N–H and O–H groups in total. The summed E-state index contributed by atoms with van der Waals surface area (Å²) in [6.07, 6.45) is 1.67. The second kappa shape index (κ2) is 7.96. The summed E-state index contributed by atoms with van der Waals surface area (Å²) in [6, 6.07) is 8.92. The van der Waals surface area contributed by atoms with Crippen molar-refractivity contribution in [2.24, 2.45) is 0 Å². The molecule has 0 aliphatic heterocycles. The standard InChI is InChI=1S/C17H18BrN5O2S/c1-3-6-11-9-15(25)23-16(19-11)26-17(21-23)22(2)10-14(24)20-13-8-5-4-7-12(13)18/h4-5,7-9H,3,6,10H2,1-2H3,(H,20,24). The van der Waals surface area contributed by atoms with Crippen LogP contribution in [0.4, 0.5) is 10.8 Å². The Morgan fingerprint density at radius 1 is 1.38 bits per heavy atom. The highest BCUT2D eigenvalue weighted by Crippen LogP contribution is 2.22. The van der Waals surface area contributed by atoms with Crippen molar-refractivity contribution < 1.29 is 4.79 Å². The van der Waals surface area contributed by atoms with Crippen LogP contribution in [-0.2, 0) is 11.2 Å². The first-order valence-electron chi connectivity index (χ1n) is 8.13. The Labute approximate surface area is 162 Å². The first kappa shape index (κ1) is 18.5. The number of carbonyl (C=O) groups is 1. The minimum absolute atomic E-state index is 0.109. The number of aromatic nitrogens is 3. The molecule has 2 aromatic heterocycles. The molecule has 0 saturated carbocycles. The molecule has 0 bridgehead atoms. The number of halogens is 1. The number of fused-ring (bicyclic) bond motifs is 1. The number of benzene rings is 1. The van der Waals surface area contributed by atoms with E-state index >= 15 is 0 Å². The van der Waals surface area contributed by atoms with Crippen LogP contribution in [0.15, 0.2) is 39.6 Å². The second-order valence-corrected chi connectivity index (χ2v) is 7.59. The third-order valence-electron chi connectivity index (χ3n) is 3.65. The Hall–Kier alpha value is -2.26. The molecular weight excluding hydrogens is 418 g/mol. The molecule has 0 aliphatic rings. The smallest absolute Gasteiger partial charge is 0.275 e. The Morgan fingerprint density at radius 2 is 2.15 bits per heavy atom. The molecule has 7 nitrogen and oxygen atoms in total. The monoisotopic (exact) mass is 435 g/mol. The maximum Gasteiger partial charge on any atom is 0.275 e. The number of para-hydroxylation sites is 1. The molecule has 3 rings (SSSR count). The highest BCUT2D eigenvalue weighted by atomic mass is 79.9. The van der Waals surface area contributed by atoms with Gasteiger partial charge in [-0.05, 0) is 34.5 Å². The number of anilines is 2. The van der Waals surface area contributed by atoms with Gasteiger partial charge in [-0.3, -0.25) is 9.59 Å². The van der Waals surface area contributed by atoms with Crippen molar-refractivity contribution in [2.45, 2.75) is 19.8 Å². The van der Waals surface area contributed by atoms with Gasteiger partial charge in [-0.1, -0.05) is 36.8 Å². The Balaban J connectivity index is 1.76. The van der Waals surface area contributed by atoms with Gasteiger partial charge in [0.2, 0.25) is 16.0 Å². The Morgan fingerprint density at radius 3 is 2.88 bits per heavy atom. The summed E-state index contributed by atoms with van der Waals surface area (Å²) in [5, 5.41) is 7.70. The zero-order valence-electron chi connectivity index (χ0n) is 14.4. The maximum atomic E-state index is 12.3. The highest BCUT2D eigenvalue weighted by molar-refractivity contribution is 9.10. The summed E-state index contributed by atoms with van der Waals surface area (Å²) in [6.45, 7) is 2.15. The molecule has 0 aliphatic carbocycles. The molecule has 26 heavy (non-hydrogen) atoms. The topological polar surface area (TPSA) is 79.6 Å².